The highest BCUT2D eigenvalue weighted by Gasteiger charge is 2.16. The Labute approximate surface area is 159 Å². The number of aliphatic hydroxyl groups is 1. The Morgan fingerprint density at radius 1 is 1.04 bits per heavy atom. The number of nitrogens with zero attached hydrogens (tertiary/aromatic N) is 1. The van der Waals surface area contributed by atoms with Crippen LogP contribution >= 0.6 is 7.77 Å². The molecule has 152 valence electrons. The van der Waals surface area contributed by atoms with E-state index in [-0.39, 0.29) is 12.1 Å². The third kappa shape index (κ3) is 16.7. The Morgan fingerprint density at radius 3 is 2.19 bits per heavy atom. The molecule has 6 nitrogen and oxygen atoms in total. The Hall–Kier alpha value is -0.780. The number of ether oxygens (including phenoxy) is 2. The minimum atomic E-state index is -1.60. The highest BCUT2D eigenvalue weighted by molar-refractivity contribution is 7.51. The SMILES string of the molecule is C=CC(=O)OCCOCCCCCCCCC[P+]([O-])=C(O)C[N+](C)(C)C. The van der Waals surface area contributed by atoms with Gasteiger partial charge in [-0.3, -0.25) is 0 Å². The van der Waals surface area contributed by atoms with Gasteiger partial charge in [-0.05, 0) is 19.3 Å². The summed E-state index contributed by atoms with van der Waals surface area (Å²) >= 11 is 0. The first-order chi connectivity index (χ1) is 12.3. The maximum Gasteiger partial charge on any atom is 0.330 e. The fourth-order valence-corrected chi connectivity index (χ4v) is 3.69. The monoisotopic (exact) mass is 390 g/mol. The van der Waals surface area contributed by atoms with Gasteiger partial charge in [0.1, 0.15) is 12.8 Å². The average Bonchev–Trinajstić information content (AvgIpc) is 2.56. The zero-order chi connectivity index (χ0) is 19.8. The molecule has 0 aliphatic carbocycles. The molecule has 0 radical (unpaired) electrons. The van der Waals surface area contributed by atoms with Crippen molar-refractivity contribution in [2.24, 2.45) is 0 Å². The largest absolute Gasteiger partial charge is 0.629 e. The van der Waals surface area contributed by atoms with E-state index in [0.717, 1.165) is 38.2 Å². The normalized spacial score (nSPS) is 12.7. The van der Waals surface area contributed by atoms with Gasteiger partial charge in [-0.2, -0.15) is 0 Å². The fraction of sp³-hybridized carbons (Fsp3) is 0.789. The number of hydrogen-bond acceptors (Lipinski definition) is 4. The minimum absolute atomic E-state index is 0.145. The summed E-state index contributed by atoms with van der Waals surface area (Å²) in [6.07, 6.45) is 9.30. The van der Waals surface area contributed by atoms with Crippen molar-refractivity contribution in [3.8, 4) is 0 Å². The van der Waals surface area contributed by atoms with Crippen molar-refractivity contribution in [2.75, 3.05) is 53.7 Å². The molecule has 0 aliphatic rings. The van der Waals surface area contributed by atoms with Gasteiger partial charge in [-0.1, -0.05) is 32.3 Å². The van der Waals surface area contributed by atoms with E-state index < -0.39 is 13.7 Å². The Balaban J connectivity index is 3.42. The lowest BCUT2D eigenvalue weighted by Gasteiger charge is -2.22. The number of rotatable bonds is 16. The van der Waals surface area contributed by atoms with Crippen LogP contribution in [0.5, 0.6) is 0 Å². The first-order valence-corrected chi connectivity index (χ1v) is 10.9. The highest BCUT2D eigenvalue weighted by atomic mass is 31.1. The van der Waals surface area contributed by atoms with Gasteiger partial charge in [0.25, 0.3) is 5.48 Å². The zero-order valence-corrected chi connectivity index (χ0v) is 17.6. The Kier molecular flexibility index (Phi) is 14.8. The second kappa shape index (κ2) is 15.3. The zero-order valence-electron chi connectivity index (χ0n) is 16.7. The highest BCUT2D eigenvalue weighted by Crippen LogP contribution is 2.18. The van der Waals surface area contributed by atoms with Crippen molar-refractivity contribution < 1.29 is 28.8 Å². The van der Waals surface area contributed by atoms with Gasteiger partial charge in [0.05, 0.1) is 35.5 Å². The molecule has 0 saturated carbocycles. The van der Waals surface area contributed by atoms with Gasteiger partial charge < -0.3 is 24.0 Å². The number of aliphatic hydroxyl groups excluding tert-OH is 1. The summed E-state index contributed by atoms with van der Waals surface area (Å²) in [6, 6.07) is 0. The molecule has 0 rings (SSSR count). The molecule has 0 aromatic rings. The van der Waals surface area contributed by atoms with Crippen molar-refractivity contribution in [1.29, 1.82) is 0 Å². The molecule has 0 aromatic heterocycles. The molecule has 1 atom stereocenters. The number of quaternary nitrogens is 1. The second-order valence-electron chi connectivity index (χ2n) is 7.43. The van der Waals surface area contributed by atoms with Gasteiger partial charge in [0.2, 0.25) is 0 Å². The molecular weight excluding hydrogens is 353 g/mol. The van der Waals surface area contributed by atoms with Gasteiger partial charge in [0.15, 0.2) is 6.54 Å². The molecule has 1 N–H and O–H groups in total. The number of likely N-dealkylation sites (N-methyl/N-ethyl adjacent to an activating group) is 1. The first kappa shape index (κ1) is 25.2. The van der Waals surface area contributed by atoms with Gasteiger partial charge in [-0.15, -0.1) is 0 Å². The molecule has 0 amide bonds. The van der Waals surface area contributed by atoms with Crippen molar-refractivity contribution in [2.45, 2.75) is 44.9 Å². The predicted molar refractivity (Wildman–Crippen MR) is 106 cm³/mol. The lowest BCUT2D eigenvalue weighted by atomic mass is 10.1. The molecule has 7 heteroatoms. The van der Waals surface area contributed by atoms with E-state index in [0.29, 0.717) is 30.4 Å². The second-order valence-corrected chi connectivity index (χ2v) is 9.15. The maximum atomic E-state index is 12.0. The van der Waals surface area contributed by atoms with Crippen LogP contribution in [0, 0.1) is 0 Å². The first-order valence-electron chi connectivity index (χ1n) is 9.43. The van der Waals surface area contributed by atoms with Crippen LogP contribution < -0.4 is 4.89 Å². The number of carbonyl (C=O) groups excluding carboxylic acids is 1. The lowest BCUT2D eigenvalue weighted by molar-refractivity contribution is -0.861. The predicted octanol–water partition coefficient (Wildman–Crippen LogP) is 2.43. The topological polar surface area (TPSA) is 78.8 Å². The van der Waals surface area contributed by atoms with Crippen LogP contribution in [0.15, 0.2) is 12.7 Å². The summed E-state index contributed by atoms with van der Waals surface area (Å²) < 4.78 is 10.8. The van der Waals surface area contributed by atoms with Gasteiger partial charge >= 0.3 is 5.97 Å². The third-order valence-electron chi connectivity index (χ3n) is 3.69. The van der Waals surface area contributed by atoms with Crippen molar-refractivity contribution in [1.82, 2.24) is 0 Å². The molecule has 0 spiro atoms. The van der Waals surface area contributed by atoms with Crippen molar-refractivity contribution in [3.05, 3.63) is 12.7 Å². The number of carbonyl (C=O) groups is 1. The van der Waals surface area contributed by atoms with Crippen LogP contribution in [0.1, 0.15) is 44.9 Å². The van der Waals surface area contributed by atoms with Gasteiger partial charge in [-0.25, -0.2) is 4.79 Å². The van der Waals surface area contributed by atoms with Crippen LogP contribution in [-0.4, -0.2) is 74.7 Å². The van der Waals surface area contributed by atoms with Crippen molar-refractivity contribution >= 4 is 19.2 Å². The quantitative estimate of drug-likeness (QED) is 0.144. The molecule has 0 fully saturated rings. The summed E-state index contributed by atoms with van der Waals surface area (Å²) in [5.41, 5.74) is 0.145. The van der Waals surface area contributed by atoms with Crippen molar-refractivity contribution in [3.63, 3.8) is 0 Å². The van der Waals surface area contributed by atoms with Crippen LogP contribution in [0.3, 0.4) is 0 Å². The molecule has 0 aromatic carbocycles. The van der Waals surface area contributed by atoms with E-state index in [9.17, 15) is 14.8 Å². The number of unbranched alkanes of at least 4 members (excludes halogenated alkanes) is 6. The third-order valence-corrected chi connectivity index (χ3v) is 5.13. The molecule has 0 heterocycles. The molecule has 0 bridgehead atoms. The smallest absolute Gasteiger partial charge is 0.330 e. The summed E-state index contributed by atoms with van der Waals surface area (Å²) in [5.74, 6) is -0.417. The van der Waals surface area contributed by atoms with E-state index in [1.807, 2.05) is 21.1 Å². The van der Waals surface area contributed by atoms with E-state index in [2.05, 4.69) is 6.58 Å². The molecule has 0 saturated heterocycles. The molecule has 1 unspecified atom stereocenters. The molecular formula is C19H37NO5P+. The van der Waals surface area contributed by atoms with E-state index >= 15 is 0 Å². The van der Waals surface area contributed by atoms with Crippen LogP contribution in [0.4, 0.5) is 0 Å². The summed E-state index contributed by atoms with van der Waals surface area (Å²) in [7, 11) is 4.33. The number of hydrogen-bond donors (Lipinski definition) is 1. The fourth-order valence-electron chi connectivity index (χ4n) is 2.34. The standard InChI is InChI=1S/C19H36NO5P/c1-5-18(21)25-15-14-24-13-11-9-7-6-8-10-12-16-26(23)19(22)17-20(2,3)4/h5H,1,6-17H2,2-4H3/p+1. The average molecular weight is 390 g/mol. The Morgan fingerprint density at radius 2 is 1.62 bits per heavy atom. The van der Waals surface area contributed by atoms with E-state index in [1.54, 1.807) is 0 Å². The van der Waals surface area contributed by atoms with Crippen LogP contribution in [0.25, 0.3) is 0 Å². The Bertz CT molecular complexity index is 432. The number of esters is 1. The van der Waals surface area contributed by atoms with Crippen LogP contribution in [-0.2, 0) is 14.3 Å². The molecule has 0 aliphatic heterocycles. The van der Waals surface area contributed by atoms with Gasteiger partial charge in [0, 0.05) is 12.7 Å². The summed E-state index contributed by atoms with van der Waals surface area (Å²) in [4.78, 5) is 22.8. The summed E-state index contributed by atoms with van der Waals surface area (Å²) in [5, 5.41) is 9.85. The lowest BCUT2D eigenvalue weighted by Crippen LogP contribution is -2.39. The summed E-state index contributed by atoms with van der Waals surface area (Å²) in [6.45, 7) is 5.16. The van der Waals surface area contributed by atoms with E-state index in [1.165, 1.54) is 12.8 Å². The minimum Gasteiger partial charge on any atom is -0.629 e. The van der Waals surface area contributed by atoms with Crippen LogP contribution in [0.2, 0.25) is 0 Å². The van der Waals surface area contributed by atoms with E-state index in [4.69, 9.17) is 9.47 Å². The molecule has 26 heavy (non-hydrogen) atoms. The maximum absolute atomic E-state index is 12.0.